The van der Waals surface area contributed by atoms with Gasteiger partial charge in [0.15, 0.2) is 0 Å². The van der Waals surface area contributed by atoms with Crippen LogP contribution >= 0.6 is 11.3 Å². The van der Waals surface area contributed by atoms with Gasteiger partial charge in [0.2, 0.25) is 0 Å². The number of fused-ring (bicyclic) bond motifs is 1. The predicted molar refractivity (Wildman–Crippen MR) is 114 cm³/mol. The number of anilines is 1. The number of amides is 1. The van der Waals surface area contributed by atoms with Crippen LogP contribution in [-0.2, 0) is 9.53 Å². The van der Waals surface area contributed by atoms with Gasteiger partial charge in [0.1, 0.15) is 10.9 Å². The first-order chi connectivity index (χ1) is 13.8. The Hall–Kier alpha value is -3.00. The van der Waals surface area contributed by atoms with Gasteiger partial charge in [0.25, 0.3) is 11.5 Å². The molecule has 0 spiro atoms. The minimum Gasteiger partial charge on any atom is -0.461 e. The van der Waals surface area contributed by atoms with Gasteiger partial charge in [0.05, 0.1) is 22.7 Å². The molecule has 0 unspecified atom stereocenters. The monoisotopic (exact) mass is 413 g/mol. The minimum absolute atomic E-state index is 0.228. The van der Waals surface area contributed by atoms with E-state index in [1.807, 2.05) is 25.1 Å². The maximum atomic E-state index is 13.0. The minimum atomic E-state index is -0.811. The van der Waals surface area contributed by atoms with Gasteiger partial charge in [-0.3, -0.25) is 14.2 Å². The molecule has 2 heterocycles. The van der Waals surface area contributed by atoms with Gasteiger partial charge < -0.3 is 10.1 Å². The number of nitrogens with zero attached hydrogens (tertiary/aromatic N) is 2. The lowest BCUT2D eigenvalue weighted by atomic mass is 10.2. The second-order valence-corrected chi connectivity index (χ2v) is 7.84. The maximum absolute atomic E-state index is 13.0. The molecule has 0 saturated heterocycles. The molecule has 152 valence electrons. The normalized spacial score (nSPS) is 13.1. The highest BCUT2D eigenvalue weighted by Gasteiger charge is 2.24. The fourth-order valence-corrected chi connectivity index (χ4v) is 3.87. The third kappa shape index (κ3) is 4.22. The quantitative estimate of drug-likeness (QED) is 0.619. The average molecular weight is 413 g/mol. The molecular weight excluding hydrogens is 390 g/mol. The largest absolute Gasteiger partial charge is 0.461 e. The number of aromatic nitrogens is 2. The second-order valence-electron chi connectivity index (χ2n) is 6.85. The molecule has 8 heteroatoms. The Kier molecular flexibility index (Phi) is 6.12. The van der Waals surface area contributed by atoms with Crippen LogP contribution in [0.4, 0.5) is 5.69 Å². The number of rotatable bonds is 6. The number of aryl methyl sites for hydroxylation is 1. The number of hydrogen-bond acceptors (Lipinski definition) is 6. The van der Waals surface area contributed by atoms with E-state index in [0.717, 1.165) is 11.3 Å². The topological polar surface area (TPSA) is 90.3 Å². The second kappa shape index (κ2) is 8.57. The van der Waals surface area contributed by atoms with Crippen LogP contribution in [0.5, 0.6) is 0 Å². The summed E-state index contributed by atoms with van der Waals surface area (Å²) in [6.07, 6.45) is 1.80. The molecule has 3 aromatic rings. The van der Waals surface area contributed by atoms with Crippen LogP contribution in [0.3, 0.4) is 0 Å². The Labute approximate surface area is 172 Å². The van der Waals surface area contributed by atoms with E-state index in [9.17, 15) is 14.4 Å². The Morgan fingerprint density at radius 2 is 1.93 bits per heavy atom. The summed E-state index contributed by atoms with van der Waals surface area (Å²) in [6.45, 7) is 7.03. The molecule has 0 saturated carbocycles. The number of para-hydroxylation sites is 1. The van der Waals surface area contributed by atoms with E-state index in [-0.39, 0.29) is 17.6 Å². The summed E-state index contributed by atoms with van der Waals surface area (Å²) in [7, 11) is 0. The van der Waals surface area contributed by atoms with E-state index in [2.05, 4.69) is 10.3 Å². The first-order valence-corrected chi connectivity index (χ1v) is 10.2. The summed E-state index contributed by atoms with van der Waals surface area (Å²) in [5.41, 5.74) is 0.852. The molecule has 1 N–H and O–H groups in total. The predicted octanol–water partition coefficient (Wildman–Crippen LogP) is 3.92. The van der Waals surface area contributed by atoms with Gasteiger partial charge in [-0.05, 0) is 44.9 Å². The fourth-order valence-electron chi connectivity index (χ4n) is 2.83. The van der Waals surface area contributed by atoms with Crippen LogP contribution in [0.25, 0.3) is 10.2 Å². The van der Waals surface area contributed by atoms with E-state index >= 15 is 0 Å². The first-order valence-electron chi connectivity index (χ1n) is 9.40. The number of benzene rings is 1. The first kappa shape index (κ1) is 20.7. The van der Waals surface area contributed by atoms with Crippen molar-refractivity contribution in [1.29, 1.82) is 0 Å². The van der Waals surface area contributed by atoms with Crippen molar-refractivity contribution >= 4 is 39.1 Å². The number of ether oxygens (including phenoxy) is 1. The molecule has 3 rings (SSSR count). The Balaban J connectivity index is 1.95. The van der Waals surface area contributed by atoms with Crippen LogP contribution in [0.15, 0.2) is 41.5 Å². The Morgan fingerprint density at radius 1 is 1.24 bits per heavy atom. The van der Waals surface area contributed by atoms with Crippen LogP contribution < -0.4 is 10.9 Å². The van der Waals surface area contributed by atoms with E-state index < -0.39 is 12.0 Å². The van der Waals surface area contributed by atoms with E-state index in [4.69, 9.17) is 4.74 Å². The van der Waals surface area contributed by atoms with Crippen molar-refractivity contribution in [2.24, 2.45) is 0 Å². The van der Waals surface area contributed by atoms with Crippen molar-refractivity contribution in [2.75, 3.05) is 5.32 Å². The zero-order valence-corrected chi connectivity index (χ0v) is 17.6. The fraction of sp³-hybridized carbons (Fsp3) is 0.333. The van der Waals surface area contributed by atoms with Crippen molar-refractivity contribution in [3.63, 3.8) is 0 Å². The highest BCUT2D eigenvalue weighted by Crippen LogP contribution is 2.28. The molecule has 29 heavy (non-hydrogen) atoms. The number of thiophene rings is 1. The van der Waals surface area contributed by atoms with Gasteiger partial charge in [-0.15, -0.1) is 11.3 Å². The van der Waals surface area contributed by atoms with Gasteiger partial charge >= 0.3 is 5.97 Å². The van der Waals surface area contributed by atoms with Gasteiger partial charge in [-0.25, -0.2) is 9.78 Å². The third-order valence-corrected chi connectivity index (χ3v) is 5.96. The number of carbonyl (C=O) groups is 2. The summed E-state index contributed by atoms with van der Waals surface area (Å²) in [5.74, 6) is -0.788. The number of nitrogens with one attached hydrogen (secondary N) is 1. The maximum Gasteiger partial charge on any atom is 0.329 e. The molecule has 0 aliphatic heterocycles. The zero-order chi connectivity index (χ0) is 21.1. The molecule has 0 aliphatic rings. The summed E-state index contributed by atoms with van der Waals surface area (Å²) in [4.78, 5) is 43.2. The summed E-state index contributed by atoms with van der Waals surface area (Å²) in [5, 5.41) is 3.17. The van der Waals surface area contributed by atoms with Crippen LogP contribution in [0.1, 0.15) is 48.5 Å². The lowest BCUT2D eigenvalue weighted by molar-refractivity contribution is -0.152. The molecule has 7 nitrogen and oxygen atoms in total. The average Bonchev–Trinajstić information content (AvgIpc) is 3.05. The Bertz CT molecular complexity index is 1100. The number of esters is 1. The molecule has 2 aromatic heterocycles. The van der Waals surface area contributed by atoms with Crippen molar-refractivity contribution in [2.45, 2.75) is 46.3 Å². The van der Waals surface area contributed by atoms with E-state index in [0.29, 0.717) is 32.8 Å². The van der Waals surface area contributed by atoms with E-state index in [1.165, 1.54) is 10.9 Å². The molecular formula is C21H23N3O4S. The molecule has 0 fully saturated rings. The molecule has 1 amide bonds. The lowest BCUT2D eigenvalue weighted by Gasteiger charge is -2.17. The van der Waals surface area contributed by atoms with Crippen LogP contribution in [0, 0.1) is 6.92 Å². The smallest absolute Gasteiger partial charge is 0.329 e. The van der Waals surface area contributed by atoms with Gasteiger partial charge in [-0.1, -0.05) is 25.1 Å². The van der Waals surface area contributed by atoms with Crippen molar-refractivity contribution < 1.29 is 14.3 Å². The van der Waals surface area contributed by atoms with Crippen molar-refractivity contribution in [1.82, 2.24) is 9.55 Å². The molecule has 0 aliphatic carbocycles. The van der Waals surface area contributed by atoms with E-state index in [1.54, 1.807) is 32.9 Å². The standard InChI is InChI=1S/C21H23N3O4S/c1-5-12(2)28-21(27)14(4)24-11-22-19-16(20(24)26)13(3)17(29-19)18(25)23-15-9-7-6-8-10-15/h6-12,14H,5H2,1-4H3,(H,23,25)/t12-,14-/m1/s1. The molecule has 0 bridgehead atoms. The summed E-state index contributed by atoms with van der Waals surface area (Å²) < 4.78 is 6.59. The Morgan fingerprint density at radius 3 is 2.59 bits per heavy atom. The number of carbonyl (C=O) groups excluding carboxylic acids is 2. The summed E-state index contributed by atoms with van der Waals surface area (Å²) in [6, 6.07) is 8.28. The van der Waals surface area contributed by atoms with Crippen molar-refractivity contribution in [3.05, 3.63) is 57.5 Å². The highest BCUT2D eigenvalue weighted by molar-refractivity contribution is 7.20. The number of hydrogen-bond donors (Lipinski definition) is 1. The van der Waals surface area contributed by atoms with Crippen LogP contribution in [0.2, 0.25) is 0 Å². The summed E-state index contributed by atoms with van der Waals surface area (Å²) >= 11 is 1.16. The van der Waals surface area contributed by atoms with Gasteiger partial charge in [0, 0.05) is 5.69 Å². The zero-order valence-electron chi connectivity index (χ0n) is 16.8. The van der Waals surface area contributed by atoms with Crippen molar-refractivity contribution in [3.8, 4) is 0 Å². The SMILES string of the molecule is CC[C@@H](C)OC(=O)[C@@H](C)n1cnc2sc(C(=O)Nc3ccccc3)c(C)c2c1=O. The van der Waals surface area contributed by atoms with Crippen LogP contribution in [-0.4, -0.2) is 27.5 Å². The molecule has 1 aromatic carbocycles. The lowest BCUT2D eigenvalue weighted by Crippen LogP contribution is -2.31. The third-order valence-electron chi connectivity index (χ3n) is 4.76. The molecule has 2 atom stereocenters. The molecule has 0 radical (unpaired) electrons. The highest BCUT2D eigenvalue weighted by atomic mass is 32.1. The van der Waals surface area contributed by atoms with Gasteiger partial charge in [-0.2, -0.15) is 0 Å².